The zero-order valence-corrected chi connectivity index (χ0v) is 20.1. The molecule has 1 aromatic heterocycles. The minimum Gasteiger partial charge on any atom is -0.496 e. The van der Waals surface area contributed by atoms with E-state index < -0.39 is 0 Å². The van der Waals surface area contributed by atoms with Crippen molar-refractivity contribution >= 4 is 0 Å². The van der Waals surface area contributed by atoms with E-state index in [4.69, 9.17) is 9.47 Å². The van der Waals surface area contributed by atoms with Crippen molar-refractivity contribution in [3.05, 3.63) is 71.0 Å². The number of ether oxygens (including phenoxy) is 2. The van der Waals surface area contributed by atoms with E-state index >= 15 is 0 Å². The van der Waals surface area contributed by atoms with E-state index in [9.17, 15) is 0 Å². The molecule has 8 heteroatoms. The predicted octanol–water partition coefficient (Wildman–Crippen LogP) is 3.08. The second-order valence-electron chi connectivity index (χ2n) is 9.29. The minimum atomic E-state index is 0.0189. The summed E-state index contributed by atoms with van der Waals surface area (Å²) in [4.78, 5) is 5.01. The molecule has 0 amide bonds. The van der Waals surface area contributed by atoms with E-state index in [1.165, 1.54) is 16.7 Å². The second kappa shape index (κ2) is 10.6. The first kappa shape index (κ1) is 23.0. The van der Waals surface area contributed by atoms with Gasteiger partial charge in [0.05, 0.1) is 25.8 Å². The number of piperazine rings is 1. The number of tetrazole rings is 1. The lowest BCUT2D eigenvalue weighted by Gasteiger charge is -2.39. The molecule has 0 radical (unpaired) electrons. The third kappa shape index (κ3) is 5.14. The van der Waals surface area contributed by atoms with Gasteiger partial charge < -0.3 is 9.47 Å². The average Bonchev–Trinajstić information content (AvgIpc) is 3.55. The highest BCUT2D eigenvalue weighted by Crippen LogP contribution is 2.30. The third-order valence-corrected chi connectivity index (χ3v) is 6.96. The van der Waals surface area contributed by atoms with Gasteiger partial charge in [0.15, 0.2) is 5.82 Å². The summed E-state index contributed by atoms with van der Waals surface area (Å²) in [5, 5.41) is 12.9. The molecule has 0 spiro atoms. The van der Waals surface area contributed by atoms with Gasteiger partial charge in [-0.15, -0.1) is 5.10 Å². The fourth-order valence-electron chi connectivity index (χ4n) is 5.04. The molecule has 3 heterocycles. The van der Waals surface area contributed by atoms with Crippen LogP contribution in [0.1, 0.15) is 41.4 Å². The quantitative estimate of drug-likeness (QED) is 0.510. The van der Waals surface area contributed by atoms with Gasteiger partial charge in [0, 0.05) is 44.9 Å². The Hall–Kier alpha value is -2.81. The van der Waals surface area contributed by atoms with Gasteiger partial charge >= 0.3 is 0 Å². The molecular weight excluding hydrogens is 428 g/mol. The first-order valence-corrected chi connectivity index (χ1v) is 12.2. The Morgan fingerprint density at radius 2 is 1.85 bits per heavy atom. The normalized spacial score (nSPS) is 20.5. The van der Waals surface area contributed by atoms with Gasteiger partial charge in [-0.05, 0) is 41.8 Å². The van der Waals surface area contributed by atoms with E-state index in [1.54, 1.807) is 7.11 Å². The predicted molar refractivity (Wildman–Crippen MR) is 130 cm³/mol. The molecule has 0 unspecified atom stereocenters. The Labute approximate surface area is 201 Å². The van der Waals surface area contributed by atoms with Crippen LogP contribution in [0.2, 0.25) is 0 Å². The average molecular weight is 463 g/mol. The van der Waals surface area contributed by atoms with Crippen LogP contribution in [0.5, 0.6) is 5.75 Å². The SMILES string of the molecule is COc1ccccc1CN1CCN([C@@H](c2ccc(C)cc2)c2nnnn2C[C@H]2CCCO2)CC1. The van der Waals surface area contributed by atoms with E-state index in [0.717, 1.165) is 63.7 Å². The highest BCUT2D eigenvalue weighted by atomic mass is 16.5. The maximum atomic E-state index is 5.87. The first-order valence-electron chi connectivity index (χ1n) is 12.2. The zero-order chi connectivity index (χ0) is 23.3. The van der Waals surface area contributed by atoms with Crippen LogP contribution in [0.3, 0.4) is 0 Å². The largest absolute Gasteiger partial charge is 0.496 e. The summed E-state index contributed by atoms with van der Waals surface area (Å²) in [6.45, 7) is 8.40. The number of benzene rings is 2. The van der Waals surface area contributed by atoms with Crippen molar-refractivity contribution in [1.82, 2.24) is 30.0 Å². The Morgan fingerprint density at radius 1 is 1.06 bits per heavy atom. The summed E-state index contributed by atoms with van der Waals surface area (Å²) < 4.78 is 13.4. The van der Waals surface area contributed by atoms with Gasteiger partial charge in [0.1, 0.15) is 5.75 Å². The van der Waals surface area contributed by atoms with Crippen LogP contribution in [0, 0.1) is 6.92 Å². The molecule has 5 rings (SSSR count). The number of hydrogen-bond acceptors (Lipinski definition) is 7. The molecule has 0 saturated carbocycles. The molecule has 2 fully saturated rings. The molecule has 0 aliphatic carbocycles. The third-order valence-electron chi connectivity index (χ3n) is 6.96. The van der Waals surface area contributed by atoms with Crippen LogP contribution >= 0.6 is 0 Å². The van der Waals surface area contributed by atoms with Crippen LogP contribution in [0.15, 0.2) is 48.5 Å². The van der Waals surface area contributed by atoms with Crippen molar-refractivity contribution in [2.24, 2.45) is 0 Å². The Bertz CT molecular complexity index is 1060. The molecule has 2 aliphatic rings. The maximum Gasteiger partial charge on any atom is 0.173 e. The van der Waals surface area contributed by atoms with E-state index in [2.05, 4.69) is 68.6 Å². The first-order chi connectivity index (χ1) is 16.7. The molecule has 0 N–H and O–H groups in total. The van der Waals surface area contributed by atoms with Crippen molar-refractivity contribution < 1.29 is 9.47 Å². The number of methoxy groups -OCH3 is 1. The molecule has 2 aromatic carbocycles. The summed E-state index contributed by atoms with van der Waals surface area (Å²) in [5.74, 6) is 1.85. The molecule has 0 bridgehead atoms. The number of aromatic nitrogens is 4. The lowest BCUT2D eigenvalue weighted by molar-refractivity contribution is 0.0840. The van der Waals surface area contributed by atoms with E-state index in [-0.39, 0.29) is 12.1 Å². The summed E-state index contributed by atoms with van der Waals surface area (Å²) in [6.07, 6.45) is 2.37. The molecule has 180 valence electrons. The standard InChI is InChI=1S/C26H34N6O2/c1-20-9-11-21(12-10-20)25(26-27-28-29-32(26)19-23-7-5-17-34-23)31-15-13-30(14-16-31)18-22-6-3-4-8-24(22)33-2/h3-4,6,8-12,23,25H,5,7,13-19H2,1-2H3/t23-,25+/m1/s1. The van der Waals surface area contributed by atoms with E-state index in [1.807, 2.05) is 16.8 Å². The Morgan fingerprint density at radius 3 is 2.59 bits per heavy atom. The van der Waals surface area contributed by atoms with Crippen LogP contribution in [0.4, 0.5) is 0 Å². The van der Waals surface area contributed by atoms with E-state index in [0.29, 0.717) is 6.54 Å². The van der Waals surface area contributed by atoms with Crippen LogP contribution in [-0.2, 0) is 17.8 Å². The van der Waals surface area contributed by atoms with Crippen LogP contribution in [-0.4, -0.2) is 76.0 Å². The topological polar surface area (TPSA) is 68.5 Å². The second-order valence-corrected chi connectivity index (χ2v) is 9.29. The van der Waals surface area contributed by atoms with Gasteiger partial charge in [-0.2, -0.15) is 0 Å². The fourth-order valence-corrected chi connectivity index (χ4v) is 5.04. The number of nitrogens with zero attached hydrogens (tertiary/aromatic N) is 6. The smallest absolute Gasteiger partial charge is 0.173 e. The summed E-state index contributed by atoms with van der Waals surface area (Å²) in [5.41, 5.74) is 3.71. The van der Waals surface area contributed by atoms with Crippen LogP contribution in [0.25, 0.3) is 0 Å². The molecule has 2 atom stereocenters. The summed E-state index contributed by atoms with van der Waals surface area (Å²) in [6, 6.07) is 17.1. The fraction of sp³-hybridized carbons (Fsp3) is 0.500. The van der Waals surface area contributed by atoms with Crippen molar-refractivity contribution in [3.8, 4) is 5.75 Å². The van der Waals surface area contributed by atoms with Crippen molar-refractivity contribution in [1.29, 1.82) is 0 Å². The van der Waals surface area contributed by atoms with Crippen LogP contribution < -0.4 is 4.74 Å². The van der Waals surface area contributed by atoms with Crippen molar-refractivity contribution in [3.63, 3.8) is 0 Å². The molecular formula is C26H34N6O2. The van der Waals surface area contributed by atoms with Crippen molar-refractivity contribution in [2.45, 2.75) is 45.0 Å². The summed E-state index contributed by atoms with van der Waals surface area (Å²) >= 11 is 0. The maximum absolute atomic E-state index is 5.87. The molecule has 2 saturated heterocycles. The zero-order valence-electron chi connectivity index (χ0n) is 20.1. The Balaban J connectivity index is 1.34. The molecule has 8 nitrogen and oxygen atoms in total. The minimum absolute atomic E-state index is 0.0189. The van der Waals surface area contributed by atoms with Crippen molar-refractivity contribution in [2.75, 3.05) is 39.9 Å². The monoisotopic (exact) mass is 462 g/mol. The highest BCUT2D eigenvalue weighted by Gasteiger charge is 2.31. The summed E-state index contributed by atoms with van der Waals surface area (Å²) in [7, 11) is 1.74. The number of para-hydroxylation sites is 1. The Kier molecular flexibility index (Phi) is 7.18. The number of aryl methyl sites for hydroxylation is 1. The lowest BCUT2D eigenvalue weighted by Crippen LogP contribution is -2.48. The number of rotatable bonds is 8. The lowest BCUT2D eigenvalue weighted by atomic mass is 10.0. The number of hydrogen-bond donors (Lipinski definition) is 0. The molecule has 2 aliphatic heterocycles. The van der Waals surface area contributed by atoms with Gasteiger partial charge in [-0.3, -0.25) is 9.80 Å². The van der Waals surface area contributed by atoms with Gasteiger partial charge in [0.25, 0.3) is 0 Å². The highest BCUT2D eigenvalue weighted by molar-refractivity contribution is 5.33. The molecule has 3 aromatic rings. The van der Waals surface area contributed by atoms with Gasteiger partial charge in [0.2, 0.25) is 0 Å². The van der Waals surface area contributed by atoms with Gasteiger partial charge in [-0.25, -0.2) is 4.68 Å². The van der Waals surface area contributed by atoms with Gasteiger partial charge in [-0.1, -0.05) is 48.0 Å². The molecule has 34 heavy (non-hydrogen) atoms.